The molecule has 0 spiro atoms. The van der Waals surface area contributed by atoms with Gasteiger partial charge in [-0.2, -0.15) is 5.10 Å². The molecule has 0 saturated heterocycles. The molecule has 9 heteroatoms. The van der Waals surface area contributed by atoms with E-state index in [-0.39, 0.29) is 4.88 Å². The fourth-order valence-electron chi connectivity index (χ4n) is 2.18. The highest BCUT2D eigenvalue weighted by molar-refractivity contribution is 7.13. The monoisotopic (exact) mass is 358 g/mol. The Labute approximate surface area is 145 Å². The zero-order chi connectivity index (χ0) is 17.8. The van der Waals surface area contributed by atoms with Crippen molar-refractivity contribution >= 4 is 45.5 Å². The fraction of sp³-hybridized carbons (Fsp3) is 0.125. The SMILES string of the molecule is O=C(NC(CO)C(=O)Nc1ccc2cn[nH]c2c1)C(=O)c1cccs1. The molecule has 4 N–H and O–H groups in total. The summed E-state index contributed by atoms with van der Waals surface area (Å²) in [5.74, 6) is -2.32. The number of Topliss-reactive ketones (excluding diaryl/α,β-unsaturated/α-hetero) is 1. The average Bonchev–Trinajstić information content (AvgIpc) is 3.29. The van der Waals surface area contributed by atoms with Crippen molar-refractivity contribution in [2.45, 2.75) is 6.04 Å². The van der Waals surface area contributed by atoms with Crippen molar-refractivity contribution in [3.05, 3.63) is 46.8 Å². The van der Waals surface area contributed by atoms with Crippen LogP contribution < -0.4 is 10.6 Å². The van der Waals surface area contributed by atoms with Crippen LogP contribution in [0.15, 0.2) is 41.9 Å². The van der Waals surface area contributed by atoms with Gasteiger partial charge >= 0.3 is 0 Å². The molecule has 128 valence electrons. The third-order valence-corrected chi connectivity index (χ3v) is 4.33. The Hall–Kier alpha value is -3.04. The van der Waals surface area contributed by atoms with E-state index in [1.54, 1.807) is 35.8 Å². The second kappa shape index (κ2) is 7.24. The van der Waals surface area contributed by atoms with Gasteiger partial charge in [0.05, 0.1) is 23.2 Å². The van der Waals surface area contributed by atoms with E-state index in [0.717, 1.165) is 22.2 Å². The van der Waals surface area contributed by atoms with Crippen LogP contribution in [0.25, 0.3) is 10.9 Å². The molecule has 0 aliphatic carbocycles. The summed E-state index contributed by atoms with van der Waals surface area (Å²) in [6.07, 6.45) is 1.65. The van der Waals surface area contributed by atoms with E-state index in [0.29, 0.717) is 5.69 Å². The predicted octanol–water partition coefficient (Wildman–Crippen LogP) is 0.923. The van der Waals surface area contributed by atoms with Crippen molar-refractivity contribution < 1.29 is 19.5 Å². The Balaban J connectivity index is 1.66. The lowest BCUT2D eigenvalue weighted by Crippen LogP contribution is -2.48. The summed E-state index contributed by atoms with van der Waals surface area (Å²) < 4.78 is 0. The Morgan fingerprint density at radius 2 is 2.12 bits per heavy atom. The number of nitrogens with one attached hydrogen (secondary N) is 3. The van der Waals surface area contributed by atoms with Crippen molar-refractivity contribution in [1.29, 1.82) is 0 Å². The molecule has 8 nitrogen and oxygen atoms in total. The third-order valence-electron chi connectivity index (χ3n) is 3.47. The van der Waals surface area contributed by atoms with E-state index in [1.807, 2.05) is 0 Å². The molecule has 25 heavy (non-hydrogen) atoms. The van der Waals surface area contributed by atoms with Crippen LogP contribution in [0, 0.1) is 0 Å². The van der Waals surface area contributed by atoms with Gasteiger partial charge in [0.15, 0.2) is 0 Å². The number of anilines is 1. The molecule has 2 aromatic heterocycles. The summed E-state index contributed by atoms with van der Waals surface area (Å²) >= 11 is 1.12. The summed E-state index contributed by atoms with van der Waals surface area (Å²) in [6, 6.07) is 7.03. The van der Waals surface area contributed by atoms with Crippen LogP contribution in [0.3, 0.4) is 0 Å². The highest BCUT2D eigenvalue weighted by Crippen LogP contribution is 2.16. The van der Waals surface area contributed by atoms with Crippen molar-refractivity contribution in [3.63, 3.8) is 0 Å². The number of H-pyrrole nitrogens is 1. The van der Waals surface area contributed by atoms with Crippen molar-refractivity contribution in [3.8, 4) is 0 Å². The number of benzene rings is 1. The summed E-state index contributed by atoms with van der Waals surface area (Å²) in [4.78, 5) is 36.4. The summed E-state index contributed by atoms with van der Waals surface area (Å²) in [7, 11) is 0. The van der Waals surface area contributed by atoms with E-state index < -0.39 is 30.2 Å². The number of hydrogen-bond acceptors (Lipinski definition) is 6. The molecule has 0 aliphatic heterocycles. The number of fused-ring (bicyclic) bond motifs is 1. The molecular weight excluding hydrogens is 344 g/mol. The quantitative estimate of drug-likeness (QED) is 0.385. The maximum Gasteiger partial charge on any atom is 0.293 e. The minimum Gasteiger partial charge on any atom is -0.394 e. The molecule has 0 bridgehead atoms. The number of aliphatic hydroxyl groups excluding tert-OH is 1. The molecule has 0 saturated carbocycles. The zero-order valence-electron chi connectivity index (χ0n) is 12.9. The second-order valence-corrected chi connectivity index (χ2v) is 6.12. The number of carbonyl (C=O) groups excluding carboxylic acids is 3. The van der Waals surface area contributed by atoms with Gasteiger partial charge in [0.2, 0.25) is 5.91 Å². The van der Waals surface area contributed by atoms with E-state index >= 15 is 0 Å². The van der Waals surface area contributed by atoms with Gasteiger partial charge in [-0.25, -0.2) is 0 Å². The minimum absolute atomic E-state index is 0.263. The first-order valence-corrected chi connectivity index (χ1v) is 8.20. The number of hydrogen-bond donors (Lipinski definition) is 4. The van der Waals surface area contributed by atoms with Gasteiger partial charge < -0.3 is 15.7 Å². The molecule has 3 rings (SSSR count). The lowest BCUT2D eigenvalue weighted by Gasteiger charge is -2.15. The van der Waals surface area contributed by atoms with Crippen LogP contribution in [0.2, 0.25) is 0 Å². The number of ketones is 1. The van der Waals surface area contributed by atoms with E-state index in [2.05, 4.69) is 20.8 Å². The molecule has 1 unspecified atom stereocenters. The lowest BCUT2D eigenvalue weighted by molar-refractivity contribution is -0.124. The second-order valence-electron chi connectivity index (χ2n) is 5.18. The molecule has 1 aromatic carbocycles. The summed E-state index contributed by atoms with van der Waals surface area (Å²) in [5.41, 5.74) is 1.20. The minimum atomic E-state index is -1.24. The first-order valence-electron chi connectivity index (χ1n) is 7.32. The average molecular weight is 358 g/mol. The highest BCUT2D eigenvalue weighted by atomic mass is 32.1. The molecule has 0 aliphatic rings. The van der Waals surface area contributed by atoms with Gasteiger partial charge in [-0.05, 0) is 29.6 Å². The molecule has 2 amide bonds. The Kier molecular flexibility index (Phi) is 4.87. The van der Waals surface area contributed by atoms with Crippen LogP contribution in [0.5, 0.6) is 0 Å². The number of aromatic nitrogens is 2. The number of aromatic amines is 1. The molecular formula is C16H14N4O4S. The molecule has 0 radical (unpaired) electrons. The van der Waals surface area contributed by atoms with Gasteiger partial charge in [0, 0.05) is 11.1 Å². The van der Waals surface area contributed by atoms with Gasteiger partial charge in [-0.3, -0.25) is 19.5 Å². The fourth-order valence-corrected chi connectivity index (χ4v) is 2.84. The first kappa shape index (κ1) is 16.8. The Morgan fingerprint density at radius 1 is 1.28 bits per heavy atom. The van der Waals surface area contributed by atoms with Crippen LogP contribution in [0.4, 0.5) is 5.69 Å². The lowest BCUT2D eigenvalue weighted by atomic mass is 10.2. The Bertz CT molecular complexity index is 919. The van der Waals surface area contributed by atoms with Crippen molar-refractivity contribution in [2.75, 3.05) is 11.9 Å². The maximum atomic E-state index is 12.2. The normalized spacial score (nSPS) is 11.9. The molecule has 2 heterocycles. The summed E-state index contributed by atoms with van der Waals surface area (Å²) in [6.45, 7) is -0.637. The number of rotatable bonds is 6. The third kappa shape index (κ3) is 3.73. The number of amides is 2. The van der Waals surface area contributed by atoms with Crippen LogP contribution in [-0.2, 0) is 9.59 Å². The number of aliphatic hydroxyl groups is 1. The Morgan fingerprint density at radius 3 is 2.84 bits per heavy atom. The first-order chi connectivity index (χ1) is 12.1. The topological polar surface area (TPSA) is 124 Å². The van der Waals surface area contributed by atoms with Crippen LogP contribution >= 0.6 is 11.3 Å². The smallest absolute Gasteiger partial charge is 0.293 e. The van der Waals surface area contributed by atoms with Crippen LogP contribution in [0.1, 0.15) is 9.67 Å². The van der Waals surface area contributed by atoms with E-state index in [4.69, 9.17) is 0 Å². The van der Waals surface area contributed by atoms with E-state index in [9.17, 15) is 19.5 Å². The largest absolute Gasteiger partial charge is 0.394 e. The van der Waals surface area contributed by atoms with Gasteiger partial charge in [0.1, 0.15) is 6.04 Å². The van der Waals surface area contributed by atoms with Gasteiger partial charge in [0.25, 0.3) is 11.7 Å². The molecule has 1 atom stereocenters. The van der Waals surface area contributed by atoms with Gasteiger partial charge in [-0.15, -0.1) is 11.3 Å². The standard InChI is InChI=1S/C16H14N4O4S/c21-8-12(19-16(24)14(22)13-2-1-5-25-13)15(23)18-10-4-3-9-7-17-20-11(9)6-10/h1-7,12,21H,8H2,(H,17,20)(H,18,23)(H,19,24). The summed E-state index contributed by atoms with van der Waals surface area (Å²) in [5, 5.41) is 23.4. The van der Waals surface area contributed by atoms with Crippen molar-refractivity contribution in [1.82, 2.24) is 15.5 Å². The zero-order valence-corrected chi connectivity index (χ0v) is 13.7. The number of carbonyl (C=O) groups is 3. The number of thiophene rings is 1. The van der Waals surface area contributed by atoms with Crippen molar-refractivity contribution in [2.24, 2.45) is 0 Å². The molecule has 3 aromatic rings. The number of nitrogens with zero attached hydrogens (tertiary/aromatic N) is 1. The predicted molar refractivity (Wildman–Crippen MR) is 92.4 cm³/mol. The molecule has 0 fully saturated rings. The van der Waals surface area contributed by atoms with Gasteiger partial charge in [-0.1, -0.05) is 6.07 Å². The van der Waals surface area contributed by atoms with E-state index in [1.165, 1.54) is 6.07 Å². The van der Waals surface area contributed by atoms with Crippen LogP contribution in [-0.4, -0.2) is 45.6 Å². The maximum absolute atomic E-state index is 12.2. The highest BCUT2D eigenvalue weighted by Gasteiger charge is 2.25.